The van der Waals surface area contributed by atoms with Crippen LogP contribution in [-0.2, 0) is 24.0 Å². The third-order valence-corrected chi connectivity index (χ3v) is 1.24. The lowest BCUT2D eigenvalue weighted by atomic mass is 10.2. The fourth-order valence-electron chi connectivity index (χ4n) is 0.566. The summed E-state index contributed by atoms with van der Waals surface area (Å²) >= 11 is 0. The molecule has 0 rings (SSSR count). The van der Waals surface area contributed by atoms with E-state index in [-0.39, 0.29) is 18.8 Å². The third-order valence-electron chi connectivity index (χ3n) is 1.24. The van der Waals surface area contributed by atoms with E-state index in [1.54, 1.807) is 20.8 Å². The molecule has 0 radical (unpaired) electrons. The molecule has 0 fully saturated rings. The number of hydrogen-bond acceptors (Lipinski definition) is 6. The van der Waals surface area contributed by atoms with Crippen LogP contribution in [0.4, 0.5) is 4.79 Å². The molecule has 98 valence electrons. The lowest BCUT2D eigenvalue weighted by Crippen LogP contribution is -2.23. The lowest BCUT2D eigenvalue weighted by Gasteiger charge is -2.16. The van der Waals surface area contributed by atoms with E-state index in [9.17, 15) is 9.59 Å². The Bertz CT molecular complexity index is 289. The molecule has 0 bridgehead atoms. The Hall–Kier alpha value is -1.56. The Morgan fingerprint density at radius 3 is 2.12 bits per heavy atom. The molecule has 0 N–H and O–H groups in total. The van der Waals surface area contributed by atoms with E-state index < -0.39 is 17.7 Å². The first-order valence-electron chi connectivity index (χ1n) is 5.07. The van der Waals surface area contributed by atoms with Crippen LogP contribution >= 0.6 is 0 Å². The van der Waals surface area contributed by atoms with Gasteiger partial charge >= 0.3 is 12.1 Å². The summed E-state index contributed by atoms with van der Waals surface area (Å²) in [4.78, 5) is 30.9. The molecule has 17 heavy (non-hydrogen) atoms. The van der Waals surface area contributed by atoms with Gasteiger partial charge in [0.2, 0.25) is 0 Å². The lowest BCUT2D eigenvalue weighted by molar-refractivity contribution is -0.312. The second-order valence-corrected chi connectivity index (χ2v) is 4.29. The van der Waals surface area contributed by atoms with E-state index in [1.165, 1.54) is 6.92 Å². The van der Waals surface area contributed by atoms with Crippen molar-refractivity contribution in [1.82, 2.24) is 0 Å². The van der Waals surface area contributed by atoms with E-state index in [0.29, 0.717) is 0 Å². The van der Waals surface area contributed by atoms with Crippen molar-refractivity contribution in [2.45, 2.75) is 33.3 Å². The van der Waals surface area contributed by atoms with Gasteiger partial charge in [-0.2, -0.15) is 4.89 Å². The summed E-state index contributed by atoms with van der Waals surface area (Å²) in [5.74, 6) is -0.534. The molecular weight excluding hydrogens is 228 g/mol. The average molecular weight is 246 g/mol. The molecule has 6 nitrogen and oxygen atoms in total. The van der Waals surface area contributed by atoms with E-state index in [0.717, 1.165) is 0 Å². The molecule has 0 saturated carbocycles. The number of carbonyl (C=O) groups is 2. The van der Waals surface area contributed by atoms with Gasteiger partial charge in [0.1, 0.15) is 18.8 Å². The highest BCUT2D eigenvalue weighted by molar-refractivity contribution is 5.86. The zero-order valence-electron chi connectivity index (χ0n) is 10.6. The van der Waals surface area contributed by atoms with E-state index >= 15 is 0 Å². The van der Waals surface area contributed by atoms with Crippen molar-refractivity contribution in [3.05, 3.63) is 12.2 Å². The largest absolute Gasteiger partial charge is 0.540 e. The van der Waals surface area contributed by atoms with Crippen molar-refractivity contribution in [3.8, 4) is 0 Å². The molecule has 0 aliphatic carbocycles. The number of rotatable bonds is 5. The molecule has 0 unspecified atom stereocenters. The first-order valence-corrected chi connectivity index (χ1v) is 5.07. The summed E-state index contributed by atoms with van der Waals surface area (Å²) in [7, 11) is 0. The third kappa shape index (κ3) is 9.37. The fourth-order valence-corrected chi connectivity index (χ4v) is 0.566. The number of esters is 1. The fraction of sp³-hybridized carbons (Fsp3) is 0.636. The Morgan fingerprint density at radius 2 is 1.65 bits per heavy atom. The number of carbonyl (C=O) groups excluding carboxylic acids is 2. The molecule has 0 saturated heterocycles. The van der Waals surface area contributed by atoms with Gasteiger partial charge in [-0.3, -0.25) is 4.89 Å². The second kappa shape index (κ2) is 6.90. The monoisotopic (exact) mass is 246 g/mol. The van der Waals surface area contributed by atoms with Crippen molar-refractivity contribution in [2.24, 2.45) is 0 Å². The van der Waals surface area contributed by atoms with E-state index in [4.69, 9.17) is 4.89 Å². The van der Waals surface area contributed by atoms with Gasteiger partial charge in [0.15, 0.2) is 0 Å². The maximum atomic E-state index is 10.9. The maximum absolute atomic E-state index is 10.9. The van der Waals surface area contributed by atoms with Gasteiger partial charge in [-0.05, 0) is 27.7 Å². The molecule has 0 aromatic carbocycles. The summed E-state index contributed by atoms with van der Waals surface area (Å²) in [6, 6.07) is 0. The van der Waals surface area contributed by atoms with Gasteiger partial charge in [0.25, 0.3) is 0 Å². The topological polar surface area (TPSA) is 71.1 Å². The molecule has 6 heteroatoms. The van der Waals surface area contributed by atoms with Crippen molar-refractivity contribution < 1.29 is 28.8 Å². The van der Waals surface area contributed by atoms with Crippen LogP contribution in [0.2, 0.25) is 0 Å². The van der Waals surface area contributed by atoms with Gasteiger partial charge in [0, 0.05) is 5.57 Å². The van der Waals surface area contributed by atoms with Gasteiger partial charge in [-0.25, -0.2) is 9.59 Å². The molecule has 0 aliphatic heterocycles. The van der Waals surface area contributed by atoms with Crippen molar-refractivity contribution >= 4 is 12.1 Å². The zero-order chi connectivity index (χ0) is 13.5. The summed E-state index contributed by atoms with van der Waals surface area (Å²) < 4.78 is 9.26. The molecule has 0 aromatic rings. The predicted molar refractivity (Wildman–Crippen MR) is 59.0 cm³/mol. The van der Waals surface area contributed by atoms with Gasteiger partial charge in [0.05, 0.1) is 0 Å². The molecule has 0 amide bonds. The summed E-state index contributed by atoms with van der Waals surface area (Å²) in [6.45, 7) is 9.91. The van der Waals surface area contributed by atoms with Crippen LogP contribution in [0.1, 0.15) is 27.7 Å². The molecule has 0 heterocycles. The van der Waals surface area contributed by atoms with Crippen LogP contribution in [0.15, 0.2) is 12.2 Å². The minimum Gasteiger partial charge on any atom is -0.459 e. The summed E-state index contributed by atoms with van der Waals surface area (Å²) in [6.07, 6.45) is -0.980. The van der Waals surface area contributed by atoms with E-state index in [2.05, 4.69) is 20.9 Å². The highest BCUT2D eigenvalue weighted by Gasteiger charge is 2.16. The van der Waals surface area contributed by atoms with Crippen molar-refractivity contribution in [1.29, 1.82) is 0 Å². The van der Waals surface area contributed by atoms with Gasteiger partial charge in [-0.1, -0.05) is 6.58 Å². The SMILES string of the molecule is C=C(C)C(=O)OCCOC(=O)OOC(C)(C)C. The molecule has 0 spiro atoms. The summed E-state index contributed by atoms with van der Waals surface area (Å²) in [5.41, 5.74) is -0.325. The Kier molecular flexibility index (Phi) is 6.27. The van der Waals surface area contributed by atoms with Crippen LogP contribution in [0.25, 0.3) is 0 Å². The number of ether oxygens (including phenoxy) is 2. The minimum absolute atomic E-state index is 0.0592. The van der Waals surface area contributed by atoms with Crippen molar-refractivity contribution in [3.63, 3.8) is 0 Å². The Labute approximate surface area is 100 Å². The highest BCUT2D eigenvalue weighted by Crippen LogP contribution is 2.07. The highest BCUT2D eigenvalue weighted by atomic mass is 17.2. The molecule has 0 aliphatic rings. The molecular formula is C11H18O6. The Balaban J connectivity index is 3.59. The van der Waals surface area contributed by atoms with Crippen LogP contribution < -0.4 is 0 Å². The maximum Gasteiger partial charge on any atom is 0.540 e. The van der Waals surface area contributed by atoms with E-state index in [1.807, 2.05) is 0 Å². The smallest absolute Gasteiger partial charge is 0.459 e. The second-order valence-electron chi connectivity index (χ2n) is 4.29. The molecule has 0 atom stereocenters. The minimum atomic E-state index is -0.980. The van der Waals surface area contributed by atoms with Crippen LogP contribution in [0, 0.1) is 0 Å². The quantitative estimate of drug-likeness (QED) is 0.243. The van der Waals surface area contributed by atoms with Gasteiger partial charge < -0.3 is 9.47 Å². The standard InChI is InChI=1S/C11H18O6/c1-8(2)9(12)14-6-7-15-10(13)16-17-11(3,4)5/h1,6-7H2,2-5H3. The van der Waals surface area contributed by atoms with Crippen LogP contribution in [-0.4, -0.2) is 30.9 Å². The van der Waals surface area contributed by atoms with Crippen LogP contribution in [0.3, 0.4) is 0 Å². The van der Waals surface area contributed by atoms with Crippen LogP contribution in [0.5, 0.6) is 0 Å². The average Bonchev–Trinajstić information content (AvgIpc) is 2.20. The Morgan fingerprint density at radius 1 is 1.12 bits per heavy atom. The predicted octanol–water partition coefficient (Wildman–Crippen LogP) is 1.99. The molecule has 0 aromatic heterocycles. The normalized spacial score (nSPS) is 10.6. The number of hydrogen-bond donors (Lipinski definition) is 0. The first kappa shape index (κ1) is 15.4. The van der Waals surface area contributed by atoms with Gasteiger partial charge in [-0.15, -0.1) is 0 Å². The van der Waals surface area contributed by atoms with Crippen molar-refractivity contribution in [2.75, 3.05) is 13.2 Å². The first-order chi connectivity index (χ1) is 7.72. The summed E-state index contributed by atoms with van der Waals surface area (Å²) in [5, 5.41) is 0. The zero-order valence-corrected chi connectivity index (χ0v) is 10.6.